The zero-order valence-electron chi connectivity index (χ0n) is 17.9. The molecule has 1 aromatic heterocycles. The second-order valence-corrected chi connectivity index (χ2v) is 10.0. The fraction of sp³-hybridized carbons (Fsp3) is 0.333. The minimum atomic E-state index is -4.05. The van der Waals surface area contributed by atoms with Gasteiger partial charge in [0.1, 0.15) is 22.9 Å². The van der Waals surface area contributed by atoms with Crippen LogP contribution < -0.4 is 4.90 Å². The van der Waals surface area contributed by atoms with Crippen LogP contribution in [0.3, 0.4) is 0 Å². The number of rotatable bonds is 9. The average molecular weight is 522 g/mol. The highest BCUT2D eigenvalue weighted by Crippen LogP contribution is 2.31. The number of carbonyl (C=O) groups is 1. The topological polar surface area (TPSA) is 70.6 Å². The lowest BCUT2D eigenvalue weighted by atomic mass is 10.3. The predicted octanol–water partition coefficient (Wildman–Crippen LogP) is 4.28. The molecule has 0 aliphatic carbocycles. The summed E-state index contributed by atoms with van der Waals surface area (Å²) in [6, 6.07) is 6.00. The van der Waals surface area contributed by atoms with Crippen LogP contribution in [0.2, 0.25) is 0 Å². The minimum Gasteiger partial charge on any atom is -0.302 e. The summed E-state index contributed by atoms with van der Waals surface area (Å²) >= 11 is 0.904. The summed E-state index contributed by atoms with van der Waals surface area (Å²) in [5, 5.41) is 0.0796. The van der Waals surface area contributed by atoms with Gasteiger partial charge in [0.2, 0.25) is 5.91 Å². The molecule has 0 saturated heterocycles. The third-order valence-corrected chi connectivity index (χ3v) is 7.60. The molecule has 1 amide bonds. The number of carbonyl (C=O) groups excluding carboxylic acids is 1. The summed E-state index contributed by atoms with van der Waals surface area (Å²) in [6.45, 7) is 5.87. The summed E-state index contributed by atoms with van der Waals surface area (Å²) in [7, 11) is -4.05. The van der Waals surface area contributed by atoms with Gasteiger partial charge >= 0.3 is 0 Å². The largest absolute Gasteiger partial charge is 0.302 e. The number of aromatic nitrogens is 1. The Balaban J connectivity index is 0.00000385. The number of anilines is 1. The number of sulfone groups is 1. The maximum Gasteiger partial charge on any atom is 0.244 e. The lowest BCUT2D eigenvalue weighted by molar-refractivity contribution is -0.116. The van der Waals surface area contributed by atoms with Crippen LogP contribution in [0, 0.1) is 17.5 Å². The molecule has 0 fully saturated rings. The number of hydrogen-bond donors (Lipinski definition) is 0. The Kier molecular flexibility index (Phi) is 9.24. The third-order valence-electron chi connectivity index (χ3n) is 4.95. The van der Waals surface area contributed by atoms with Crippen molar-refractivity contribution in [3.05, 3.63) is 53.8 Å². The Morgan fingerprint density at radius 1 is 1.00 bits per heavy atom. The van der Waals surface area contributed by atoms with Crippen molar-refractivity contribution in [2.75, 3.05) is 36.8 Å². The van der Waals surface area contributed by atoms with Crippen molar-refractivity contribution in [2.24, 2.45) is 0 Å². The zero-order valence-corrected chi connectivity index (χ0v) is 20.4. The van der Waals surface area contributed by atoms with Gasteiger partial charge in [-0.05, 0) is 43.4 Å². The van der Waals surface area contributed by atoms with Crippen LogP contribution in [0.15, 0.2) is 41.3 Å². The molecule has 2 aromatic carbocycles. The molecule has 0 bridgehead atoms. The van der Waals surface area contributed by atoms with Crippen molar-refractivity contribution < 1.29 is 26.4 Å². The Morgan fingerprint density at radius 2 is 1.64 bits per heavy atom. The summed E-state index contributed by atoms with van der Waals surface area (Å²) in [5.74, 6) is -3.87. The first-order valence-corrected chi connectivity index (χ1v) is 12.4. The van der Waals surface area contributed by atoms with Crippen molar-refractivity contribution in [2.45, 2.75) is 18.7 Å². The zero-order chi connectivity index (χ0) is 23.5. The van der Waals surface area contributed by atoms with Crippen molar-refractivity contribution in [3.8, 4) is 0 Å². The molecule has 6 nitrogen and oxygen atoms in total. The highest BCUT2D eigenvalue weighted by molar-refractivity contribution is 7.92. The van der Waals surface area contributed by atoms with Gasteiger partial charge in [0.25, 0.3) is 0 Å². The number of thiazole rings is 1. The lowest BCUT2D eigenvalue weighted by Crippen LogP contribution is -2.41. The van der Waals surface area contributed by atoms with Crippen LogP contribution in [-0.2, 0) is 14.6 Å². The number of fused-ring (bicyclic) bond motifs is 1. The minimum absolute atomic E-state index is 0. The predicted molar refractivity (Wildman–Crippen MR) is 125 cm³/mol. The van der Waals surface area contributed by atoms with Crippen LogP contribution in [0.5, 0.6) is 0 Å². The van der Waals surface area contributed by atoms with Crippen molar-refractivity contribution in [1.82, 2.24) is 9.88 Å². The van der Waals surface area contributed by atoms with Crippen LogP contribution in [-0.4, -0.2) is 56.1 Å². The van der Waals surface area contributed by atoms with Gasteiger partial charge in [0, 0.05) is 19.2 Å². The van der Waals surface area contributed by atoms with Gasteiger partial charge in [-0.15, -0.1) is 12.4 Å². The van der Waals surface area contributed by atoms with E-state index in [4.69, 9.17) is 0 Å². The van der Waals surface area contributed by atoms with Gasteiger partial charge in [-0.1, -0.05) is 25.2 Å². The van der Waals surface area contributed by atoms with Gasteiger partial charge in [-0.25, -0.2) is 26.6 Å². The fourth-order valence-electron chi connectivity index (χ4n) is 3.13. The van der Waals surface area contributed by atoms with Gasteiger partial charge < -0.3 is 4.90 Å². The van der Waals surface area contributed by atoms with E-state index < -0.39 is 38.9 Å². The second-order valence-electron chi connectivity index (χ2n) is 7.02. The van der Waals surface area contributed by atoms with Gasteiger partial charge in [0.05, 0.1) is 9.60 Å². The molecule has 0 N–H and O–H groups in total. The van der Waals surface area contributed by atoms with Crippen molar-refractivity contribution >= 4 is 54.8 Å². The fourth-order valence-corrected chi connectivity index (χ4v) is 5.38. The molecule has 12 heteroatoms. The number of nitrogens with zero attached hydrogens (tertiary/aromatic N) is 3. The molecule has 3 rings (SSSR count). The van der Waals surface area contributed by atoms with Crippen LogP contribution in [0.4, 0.5) is 18.3 Å². The SMILES string of the molecule is CCN(CC)CCN(C(=O)CS(=O)(=O)c1ccc(F)cc1)c1nc2c(F)cc(F)cc2s1.Cl. The van der Waals surface area contributed by atoms with E-state index in [-0.39, 0.29) is 39.2 Å². The third kappa shape index (κ3) is 6.44. The van der Waals surface area contributed by atoms with E-state index in [9.17, 15) is 26.4 Å². The first-order chi connectivity index (χ1) is 15.1. The maximum atomic E-state index is 14.1. The Labute approximate surface area is 200 Å². The smallest absolute Gasteiger partial charge is 0.244 e. The van der Waals surface area contributed by atoms with Gasteiger partial charge in [-0.2, -0.15) is 0 Å². The van der Waals surface area contributed by atoms with Gasteiger partial charge in [0.15, 0.2) is 20.8 Å². The van der Waals surface area contributed by atoms with Crippen molar-refractivity contribution in [3.63, 3.8) is 0 Å². The molecule has 33 heavy (non-hydrogen) atoms. The quantitative estimate of drug-likeness (QED) is 0.393. The van der Waals surface area contributed by atoms with Crippen LogP contribution in [0.25, 0.3) is 10.2 Å². The highest BCUT2D eigenvalue weighted by Gasteiger charge is 2.27. The molecular weight excluding hydrogens is 499 g/mol. The van der Waals surface area contributed by atoms with E-state index >= 15 is 0 Å². The molecule has 0 radical (unpaired) electrons. The molecular formula is C21H23ClF3N3O3S2. The molecule has 0 unspecified atom stereocenters. The Bertz CT molecular complexity index is 1220. The van der Waals surface area contributed by atoms with E-state index in [0.717, 1.165) is 41.7 Å². The number of likely N-dealkylation sites (N-methyl/N-ethyl adjacent to an activating group) is 1. The monoisotopic (exact) mass is 521 g/mol. The number of amides is 1. The Morgan fingerprint density at radius 3 is 2.24 bits per heavy atom. The molecule has 0 aliphatic rings. The summed E-state index contributed by atoms with van der Waals surface area (Å²) < 4.78 is 66.5. The van der Waals surface area contributed by atoms with E-state index in [0.29, 0.717) is 25.7 Å². The normalized spacial score (nSPS) is 11.6. The molecule has 0 atom stereocenters. The van der Waals surface area contributed by atoms with E-state index in [1.165, 1.54) is 4.90 Å². The van der Waals surface area contributed by atoms with E-state index in [1.54, 1.807) is 0 Å². The Hall–Kier alpha value is -2.21. The summed E-state index contributed by atoms with van der Waals surface area (Å²) in [5.41, 5.74) is -0.0894. The van der Waals surface area contributed by atoms with Gasteiger partial charge in [-0.3, -0.25) is 9.69 Å². The standard InChI is InChI=1S/C21H22F3N3O3S2.ClH/c1-3-26(4-2)9-10-27(21-25-20-17(24)11-15(23)12-18(20)31-21)19(28)13-32(29,30)16-7-5-14(22)6-8-16;/h5-8,11-12H,3-4,9-10,13H2,1-2H3;1H. The molecule has 0 saturated carbocycles. The lowest BCUT2D eigenvalue weighted by Gasteiger charge is -2.24. The summed E-state index contributed by atoms with van der Waals surface area (Å²) in [6.07, 6.45) is 0. The molecule has 3 aromatic rings. The van der Waals surface area contributed by atoms with Crippen LogP contribution in [0.1, 0.15) is 13.8 Å². The molecule has 0 spiro atoms. The first-order valence-electron chi connectivity index (χ1n) is 9.91. The molecule has 180 valence electrons. The molecule has 1 heterocycles. The van der Waals surface area contributed by atoms with E-state index in [2.05, 4.69) is 4.98 Å². The number of benzene rings is 2. The average Bonchev–Trinajstić information content (AvgIpc) is 3.15. The second kappa shape index (κ2) is 11.3. The maximum absolute atomic E-state index is 14.1. The highest BCUT2D eigenvalue weighted by atomic mass is 35.5. The van der Waals surface area contributed by atoms with Crippen LogP contribution >= 0.6 is 23.7 Å². The molecule has 0 aliphatic heterocycles. The summed E-state index contributed by atoms with van der Waals surface area (Å²) in [4.78, 5) is 20.2. The van der Waals surface area contributed by atoms with Crippen molar-refractivity contribution in [1.29, 1.82) is 0 Å². The number of hydrogen-bond acceptors (Lipinski definition) is 6. The number of halogens is 4. The first kappa shape index (κ1) is 27.0. The van der Waals surface area contributed by atoms with E-state index in [1.807, 2.05) is 18.7 Å².